The van der Waals surface area contributed by atoms with Crippen LogP contribution in [-0.2, 0) is 0 Å². The molecule has 1 rings (SSSR count). The Morgan fingerprint density at radius 1 is 0.905 bits per heavy atom. The molecule has 0 aliphatic rings. The Balaban J connectivity index is 0.00000191. The molecule has 0 aliphatic heterocycles. The summed E-state index contributed by atoms with van der Waals surface area (Å²) in [6.07, 6.45) is 2.52. The van der Waals surface area contributed by atoms with Gasteiger partial charge in [-0.2, -0.15) is 0 Å². The molecule has 1 aromatic carbocycles. The van der Waals surface area contributed by atoms with Crippen LogP contribution in [0.2, 0.25) is 0 Å². The molecule has 0 saturated carbocycles. The SMILES string of the molecule is CCC(CCN(CC)CC)c1ccc(C(C)C)cc1.CF. The molecule has 0 radical (unpaired) electrons. The van der Waals surface area contributed by atoms with Crippen LogP contribution in [0, 0.1) is 0 Å². The molecule has 0 fully saturated rings. The van der Waals surface area contributed by atoms with Crippen LogP contribution in [0.5, 0.6) is 0 Å². The summed E-state index contributed by atoms with van der Waals surface area (Å²) >= 11 is 0. The largest absolute Gasteiger partial charge is 0.304 e. The fourth-order valence-electron chi connectivity index (χ4n) is 2.64. The zero-order valence-corrected chi connectivity index (χ0v) is 14.8. The zero-order valence-electron chi connectivity index (χ0n) is 14.8. The van der Waals surface area contributed by atoms with Crippen LogP contribution >= 0.6 is 0 Å². The highest BCUT2D eigenvalue weighted by Gasteiger charge is 2.11. The Hall–Kier alpha value is -0.890. The molecule has 21 heavy (non-hydrogen) atoms. The quantitative estimate of drug-likeness (QED) is 0.601. The van der Waals surface area contributed by atoms with Crippen molar-refractivity contribution >= 4 is 0 Å². The van der Waals surface area contributed by atoms with Gasteiger partial charge in [-0.25, -0.2) is 0 Å². The Kier molecular flexibility index (Phi) is 11.2. The second-order valence-electron chi connectivity index (χ2n) is 5.74. The minimum atomic E-state index is 0.500. The molecule has 122 valence electrons. The number of hydrogen-bond acceptors (Lipinski definition) is 1. The molecular formula is C19H34FN. The van der Waals surface area contributed by atoms with Crippen LogP contribution in [0.15, 0.2) is 24.3 Å². The van der Waals surface area contributed by atoms with Crippen molar-refractivity contribution in [1.29, 1.82) is 0 Å². The van der Waals surface area contributed by atoms with Crippen LogP contribution in [-0.4, -0.2) is 31.7 Å². The minimum Gasteiger partial charge on any atom is -0.304 e. The standard InChI is InChI=1S/C18H31N.CH3F/c1-6-16(13-14-19(7-2)8-3)18-11-9-17(10-12-18)15(4)5;1-2/h9-12,15-16H,6-8,13-14H2,1-5H3;1H3. The maximum Gasteiger partial charge on any atom is 0.0785 e. The van der Waals surface area contributed by atoms with Gasteiger partial charge in [0.15, 0.2) is 0 Å². The van der Waals surface area contributed by atoms with E-state index in [0.717, 1.165) is 0 Å². The Morgan fingerprint density at radius 2 is 1.38 bits per heavy atom. The number of rotatable bonds is 8. The van der Waals surface area contributed by atoms with Crippen molar-refractivity contribution in [2.24, 2.45) is 0 Å². The van der Waals surface area contributed by atoms with Crippen molar-refractivity contribution in [2.75, 3.05) is 26.8 Å². The van der Waals surface area contributed by atoms with E-state index < -0.39 is 0 Å². The Morgan fingerprint density at radius 3 is 1.76 bits per heavy atom. The first-order chi connectivity index (χ1) is 10.1. The number of hydrogen-bond donors (Lipinski definition) is 0. The number of benzene rings is 1. The summed E-state index contributed by atoms with van der Waals surface area (Å²) in [6.45, 7) is 14.9. The molecule has 0 aliphatic carbocycles. The molecule has 0 heterocycles. The van der Waals surface area contributed by atoms with Crippen LogP contribution in [0.1, 0.15) is 70.4 Å². The van der Waals surface area contributed by atoms with Gasteiger partial charge in [0, 0.05) is 0 Å². The fourth-order valence-corrected chi connectivity index (χ4v) is 2.64. The first-order valence-electron chi connectivity index (χ1n) is 8.32. The van der Waals surface area contributed by atoms with E-state index in [1.54, 1.807) is 0 Å². The first kappa shape index (κ1) is 20.1. The van der Waals surface area contributed by atoms with E-state index >= 15 is 0 Å². The average Bonchev–Trinajstić information content (AvgIpc) is 2.54. The summed E-state index contributed by atoms with van der Waals surface area (Å²) in [5.74, 6) is 1.34. The van der Waals surface area contributed by atoms with E-state index in [2.05, 4.69) is 63.8 Å². The van der Waals surface area contributed by atoms with Crippen LogP contribution < -0.4 is 0 Å². The lowest BCUT2D eigenvalue weighted by molar-refractivity contribution is 0.289. The number of nitrogens with zero attached hydrogens (tertiary/aromatic N) is 1. The monoisotopic (exact) mass is 295 g/mol. The summed E-state index contributed by atoms with van der Waals surface area (Å²) < 4.78 is 9.50. The third kappa shape index (κ3) is 7.08. The van der Waals surface area contributed by atoms with Crippen molar-refractivity contribution < 1.29 is 4.39 Å². The second kappa shape index (κ2) is 11.7. The van der Waals surface area contributed by atoms with Crippen molar-refractivity contribution in [3.05, 3.63) is 35.4 Å². The minimum absolute atomic E-state index is 0.500. The topological polar surface area (TPSA) is 3.24 Å². The number of alkyl halides is 1. The summed E-state index contributed by atoms with van der Waals surface area (Å²) in [5.41, 5.74) is 2.96. The van der Waals surface area contributed by atoms with Gasteiger partial charge in [0.1, 0.15) is 0 Å². The molecule has 0 bridgehead atoms. The molecule has 0 saturated heterocycles. The van der Waals surface area contributed by atoms with Crippen molar-refractivity contribution in [1.82, 2.24) is 4.90 Å². The van der Waals surface area contributed by atoms with E-state index in [4.69, 9.17) is 0 Å². The maximum absolute atomic E-state index is 9.50. The third-order valence-corrected chi connectivity index (χ3v) is 4.26. The van der Waals surface area contributed by atoms with Crippen molar-refractivity contribution in [3.63, 3.8) is 0 Å². The van der Waals surface area contributed by atoms with Crippen molar-refractivity contribution in [3.8, 4) is 0 Å². The van der Waals surface area contributed by atoms with Gasteiger partial charge in [-0.3, -0.25) is 4.39 Å². The summed E-state index contributed by atoms with van der Waals surface area (Å²) in [6, 6.07) is 9.29. The lowest BCUT2D eigenvalue weighted by Gasteiger charge is -2.22. The van der Waals surface area contributed by atoms with Crippen LogP contribution in [0.25, 0.3) is 0 Å². The third-order valence-electron chi connectivity index (χ3n) is 4.26. The van der Waals surface area contributed by atoms with Gasteiger partial charge >= 0.3 is 0 Å². The summed E-state index contributed by atoms with van der Waals surface area (Å²) in [4.78, 5) is 2.52. The van der Waals surface area contributed by atoms with Gasteiger partial charge in [-0.15, -0.1) is 0 Å². The molecule has 0 amide bonds. The second-order valence-corrected chi connectivity index (χ2v) is 5.74. The summed E-state index contributed by atoms with van der Waals surface area (Å²) in [5, 5.41) is 0. The molecule has 0 aromatic heterocycles. The first-order valence-corrected chi connectivity index (χ1v) is 8.32. The molecule has 0 N–H and O–H groups in total. The lowest BCUT2D eigenvalue weighted by Crippen LogP contribution is -2.25. The van der Waals surface area contributed by atoms with Gasteiger partial charge < -0.3 is 4.90 Å². The normalized spacial score (nSPS) is 12.2. The number of halogens is 1. The highest BCUT2D eigenvalue weighted by molar-refractivity contribution is 5.27. The summed E-state index contributed by atoms with van der Waals surface area (Å²) in [7, 11) is 0.500. The Bertz CT molecular complexity index is 341. The molecule has 2 heteroatoms. The molecule has 1 unspecified atom stereocenters. The average molecular weight is 295 g/mol. The smallest absolute Gasteiger partial charge is 0.0785 e. The molecule has 1 atom stereocenters. The van der Waals surface area contributed by atoms with Crippen LogP contribution in [0.3, 0.4) is 0 Å². The molecule has 1 aromatic rings. The molecular weight excluding hydrogens is 261 g/mol. The predicted molar refractivity (Wildman–Crippen MR) is 93.0 cm³/mol. The highest BCUT2D eigenvalue weighted by Crippen LogP contribution is 2.25. The fraction of sp³-hybridized carbons (Fsp3) is 0.684. The van der Waals surface area contributed by atoms with E-state index in [9.17, 15) is 4.39 Å². The zero-order chi connectivity index (χ0) is 16.3. The van der Waals surface area contributed by atoms with E-state index in [-0.39, 0.29) is 0 Å². The van der Waals surface area contributed by atoms with Gasteiger partial charge in [-0.1, -0.05) is 58.9 Å². The van der Waals surface area contributed by atoms with E-state index in [1.807, 2.05) is 0 Å². The van der Waals surface area contributed by atoms with Gasteiger partial charge in [0.05, 0.1) is 7.18 Å². The van der Waals surface area contributed by atoms with E-state index in [1.165, 1.54) is 43.6 Å². The lowest BCUT2D eigenvalue weighted by atomic mass is 9.91. The van der Waals surface area contributed by atoms with Gasteiger partial charge in [0.2, 0.25) is 0 Å². The van der Waals surface area contributed by atoms with Gasteiger partial charge in [-0.05, 0) is 55.4 Å². The predicted octanol–water partition coefficient (Wildman–Crippen LogP) is 5.62. The Labute approximate surface area is 131 Å². The van der Waals surface area contributed by atoms with E-state index in [0.29, 0.717) is 19.0 Å². The molecule has 0 spiro atoms. The highest BCUT2D eigenvalue weighted by atomic mass is 19.1. The van der Waals surface area contributed by atoms with Crippen molar-refractivity contribution in [2.45, 2.75) is 59.3 Å². The molecule has 1 nitrogen and oxygen atoms in total. The maximum atomic E-state index is 9.50. The van der Waals surface area contributed by atoms with Gasteiger partial charge in [0.25, 0.3) is 0 Å². The van der Waals surface area contributed by atoms with Crippen LogP contribution in [0.4, 0.5) is 4.39 Å².